The van der Waals surface area contributed by atoms with Gasteiger partial charge in [-0.15, -0.1) is 0 Å². The van der Waals surface area contributed by atoms with Crippen LogP contribution in [0.5, 0.6) is 0 Å². The highest BCUT2D eigenvalue weighted by atomic mass is 35.5. The van der Waals surface area contributed by atoms with E-state index in [0.717, 1.165) is 11.1 Å². The van der Waals surface area contributed by atoms with Crippen molar-refractivity contribution in [2.24, 2.45) is 0 Å². The van der Waals surface area contributed by atoms with Gasteiger partial charge in [0.1, 0.15) is 6.04 Å². The normalized spacial score (nSPS) is 19.5. The van der Waals surface area contributed by atoms with E-state index < -0.39 is 11.9 Å². The van der Waals surface area contributed by atoms with Crippen molar-refractivity contribution in [1.82, 2.24) is 20.0 Å². The summed E-state index contributed by atoms with van der Waals surface area (Å²) in [5.41, 5.74) is 3.75. The molecule has 41 heavy (non-hydrogen) atoms. The molecule has 2 fully saturated rings. The number of nitrogens with one attached hydrogen (secondary N) is 1. The largest absolute Gasteiger partial charge is 0.336 e. The Hall–Kier alpha value is -3.72. The van der Waals surface area contributed by atoms with Gasteiger partial charge in [-0.2, -0.15) is 0 Å². The van der Waals surface area contributed by atoms with Crippen molar-refractivity contribution < 1.29 is 19.2 Å². The fourth-order valence-corrected chi connectivity index (χ4v) is 6.30. The summed E-state index contributed by atoms with van der Waals surface area (Å²) in [7, 11) is 0. The van der Waals surface area contributed by atoms with Crippen molar-refractivity contribution in [3.63, 3.8) is 0 Å². The molecule has 3 heterocycles. The SMILES string of the molecule is O=C1CCC(N2Cc3c(C(=O)N4CCN(C(c5ccc(Cl)cc5)c5ccc(Cl)cc5)CC4)cccc3C2=O)C(=O)N1. The molecule has 0 aromatic heterocycles. The standard InChI is InChI=1S/C31H28Cl2N4O4/c32-21-8-4-19(5-9-21)28(20-6-10-22(33)11-7-20)35-14-16-36(17-15-35)30(40)23-2-1-3-24-25(23)18-37(31(24)41)26-12-13-27(38)34-29(26)39/h1-11,26,28H,12-18H2,(H,34,38,39). The Labute approximate surface area is 247 Å². The number of hydrogen-bond donors (Lipinski definition) is 1. The Morgan fingerprint density at radius 3 is 2.02 bits per heavy atom. The summed E-state index contributed by atoms with van der Waals surface area (Å²) in [4.78, 5) is 56.7. The molecule has 3 aromatic rings. The van der Waals surface area contributed by atoms with Crippen molar-refractivity contribution in [3.05, 3.63) is 105 Å². The van der Waals surface area contributed by atoms with Gasteiger partial charge in [0, 0.05) is 60.3 Å². The second-order valence-electron chi connectivity index (χ2n) is 10.6. The zero-order valence-electron chi connectivity index (χ0n) is 22.2. The van der Waals surface area contributed by atoms with Crippen LogP contribution in [0.4, 0.5) is 0 Å². The lowest BCUT2D eigenvalue weighted by molar-refractivity contribution is -0.136. The first-order valence-electron chi connectivity index (χ1n) is 13.6. The number of rotatable bonds is 5. The third-order valence-corrected chi connectivity index (χ3v) is 8.65. The molecule has 2 saturated heterocycles. The summed E-state index contributed by atoms with van der Waals surface area (Å²) in [6, 6.07) is 20.0. The molecule has 210 valence electrons. The lowest BCUT2D eigenvalue weighted by Gasteiger charge is -2.40. The van der Waals surface area contributed by atoms with Crippen LogP contribution in [0.3, 0.4) is 0 Å². The number of piperidine rings is 1. The maximum atomic E-state index is 13.8. The molecule has 1 atom stereocenters. The van der Waals surface area contributed by atoms with E-state index in [0.29, 0.717) is 52.9 Å². The monoisotopic (exact) mass is 590 g/mol. The minimum Gasteiger partial charge on any atom is -0.336 e. The van der Waals surface area contributed by atoms with Crippen LogP contribution in [-0.4, -0.2) is 70.5 Å². The van der Waals surface area contributed by atoms with Crippen LogP contribution in [0.2, 0.25) is 10.0 Å². The van der Waals surface area contributed by atoms with Gasteiger partial charge in [0.25, 0.3) is 11.8 Å². The van der Waals surface area contributed by atoms with Gasteiger partial charge >= 0.3 is 0 Å². The van der Waals surface area contributed by atoms with E-state index in [1.54, 1.807) is 18.2 Å². The molecule has 8 nitrogen and oxygen atoms in total. The van der Waals surface area contributed by atoms with Crippen molar-refractivity contribution in [1.29, 1.82) is 0 Å². The summed E-state index contributed by atoms with van der Waals surface area (Å²) in [6.45, 7) is 2.50. The number of benzene rings is 3. The quantitative estimate of drug-likeness (QED) is 0.447. The minimum atomic E-state index is -0.725. The van der Waals surface area contributed by atoms with E-state index in [9.17, 15) is 19.2 Å². The highest BCUT2D eigenvalue weighted by Gasteiger charge is 2.41. The number of halogens is 2. The lowest BCUT2D eigenvalue weighted by atomic mass is 9.96. The molecule has 6 rings (SSSR count). The first-order chi connectivity index (χ1) is 19.8. The average Bonchev–Trinajstić information content (AvgIpc) is 3.31. The Balaban J connectivity index is 1.19. The van der Waals surface area contributed by atoms with Crippen molar-refractivity contribution in [3.8, 4) is 0 Å². The summed E-state index contributed by atoms with van der Waals surface area (Å²) in [6.07, 6.45) is 0.456. The summed E-state index contributed by atoms with van der Waals surface area (Å²) >= 11 is 12.3. The van der Waals surface area contributed by atoms with Crippen molar-refractivity contribution in [2.75, 3.05) is 26.2 Å². The Morgan fingerprint density at radius 2 is 1.44 bits per heavy atom. The second-order valence-corrected chi connectivity index (χ2v) is 11.4. The van der Waals surface area contributed by atoms with Gasteiger partial charge in [-0.1, -0.05) is 53.5 Å². The van der Waals surface area contributed by atoms with Crippen LogP contribution in [0, 0.1) is 0 Å². The number of carbonyl (C=O) groups is 4. The average molecular weight is 591 g/mol. The molecule has 1 N–H and O–H groups in total. The molecular formula is C31H28Cl2N4O4. The molecule has 4 amide bonds. The van der Waals surface area contributed by atoms with Gasteiger partial charge in [0.05, 0.1) is 6.04 Å². The molecule has 0 spiro atoms. The molecular weight excluding hydrogens is 563 g/mol. The second kappa shape index (κ2) is 11.3. The van der Waals surface area contributed by atoms with E-state index >= 15 is 0 Å². The lowest BCUT2D eigenvalue weighted by Crippen LogP contribution is -2.52. The molecule has 10 heteroatoms. The van der Waals surface area contributed by atoms with Crippen molar-refractivity contribution >= 4 is 46.8 Å². The van der Waals surface area contributed by atoms with E-state index in [-0.39, 0.29) is 43.1 Å². The Morgan fingerprint density at radius 1 is 0.829 bits per heavy atom. The van der Waals surface area contributed by atoms with E-state index in [1.807, 2.05) is 53.4 Å². The van der Waals surface area contributed by atoms with Gasteiger partial charge in [-0.05, 0) is 59.5 Å². The van der Waals surface area contributed by atoms with Gasteiger partial charge in [-0.25, -0.2) is 0 Å². The third kappa shape index (κ3) is 5.35. The summed E-state index contributed by atoms with van der Waals surface area (Å²) in [5.74, 6) is -1.22. The van der Waals surface area contributed by atoms with E-state index in [1.165, 1.54) is 4.90 Å². The number of hydrogen-bond acceptors (Lipinski definition) is 5. The Kier molecular flexibility index (Phi) is 7.55. The number of nitrogens with zero attached hydrogens (tertiary/aromatic N) is 3. The first kappa shape index (κ1) is 27.4. The van der Waals surface area contributed by atoms with Gasteiger partial charge in [0.2, 0.25) is 11.8 Å². The van der Waals surface area contributed by atoms with Crippen LogP contribution in [0.25, 0.3) is 0 Å². The zero-order valence-corrected chi connectivity index (χ0v) is 23.7. The highest BCUT2D eigenvalue weighted by Crippen LogP contribution is 2.33. The maximum Gasteiger partial charge on any atom is 0.255 e. The fourth-order valence-electron chi connectivity index (χ4n) is 6.04. The topological polar surface area (TPSA) is 90.0 Å². The Bertz CT molecular complexity index is 1470. The molecule has 1 unspecified atom stereocenters. The smallest absolute Gasteiger partial charge is 0.255 e. The fraction of sp³-hybridized carbons (Fsp3) is 0.290. The number of amides is 4. The molecule has 3 aliphatic rings. The van der Waals surface area contributed by atoms with Crippen molar-refractivity contribution in [2.45, 2.75) is 31.5 Å². The third-order valence-electron chi connectivity index (χ3n) is 8.15. The number of piperazine rings is 1. The van der Waals surface area contributed by atoms with Crippen LogP contribution in [0.1, 0.15) is 56.3 Å². The maximum absolute atomic E-state index is 13.8. The highest BCUT2D eigenvalue weighted by molar-refractivity contribution is 6.30. The van der Waals surface area contributed by atoms with Gasteiger partial charge in [0.15, 0.2) is 0 Å². The summed E-state index contributed by atoms with van der Waals surface area (Å²) in [5, 5.41) is 3.66. The predicted octanol–water partition coefficient (Wildman–Crippen LogP) is 4.30. The molecule has 0 radical (unpaired) electrons. The van der Waals surface area contributed by atoms with Crippen LogP contribution < -0.4 is 5.32 Å². The molecule has 3 aliphatic heterocycles. The number of fused-ring (bicyclic) bond motifs is 1. The molecule has 3 aromatic carbocycles. The van der Waals surface area contributed by atoms with Crippen LogP contribution >= 0.6 is 23.2 Å². The van der Waals surface area contributed by atoms with E-state index in [4.69, 9.17) is 23.2 Å². The van der Waals surface area contributed by atoms with Gasteiger partial charge in [-0.3, -0.25) is 29.4 Å². The first-order valence-corrected chi connectivity index (χ1v) is 14.4. The van der Waals surface area contributed by atoms with Crippen LogP contribution in [0.15, 0.2) is 66.7 Å². The van der Waals surface area contributed by atoms with Crippen LogP contribution in [-0.2, 0) is 16.1 Å². The zero-order chi connectivity index (χ0) is 28.7. The van der Waals surface area contributed by atoms with E-state index in [2.05, 4.69) is 10.2 Å². The van der Waals surface area contributed by atoms with Gasteiger partial charge < -0.3 is 9.80 Å². The predicted molar refractivity (Wildman–Crippen MR) is 155 cm³/mol. The minimum absolute atomic E-state index is 0.0255. The molecule has 0 bridgehead atoms. The number of carbonyl (C=O) groups excluding carboxylic acids is 4. The number of imide groups is 1. The summed E-state index contributed by atoms with van der Waals surface area (Å²) < 4.78 is 0. The molecule has 0 saturated carbocycles. The molecule has 0 aliphatic carbocycles.